The van der Waals surface area contributed by atoms with Crippen molar-refractivity contribution < 1.29 is 77.3 Å². The molecule has 2 saturated heterocycles. The molecule has 2 amide bonds. The smallest absolute Gasteiger partial charge is 0.319 e. The topological polar surface area (TPSA) is 233 Å². The first-order valence-corrected chi connectivity index (χ1v) is 27.0. The Labute approximate surface area is 430 Å². The number of ether oxygens (including phenoxy) is 5. The van der Waals surface area contributed by atoms with E-state index >= 15 is 0 Å². The number of esters is 2. The van der Waals surface area contributed by atoms with Crippen molar-refractivity contribution in [3.05, 3.63) is 139 Å². The van der Waals surface area contributed by atoms with Crippen LogP contribution in [0.2, 0.25) is 8.67 Å². The molecule has 4 unspecified atom stereocenters. The number of amides is 2. The lowest BCUT2D eigenvalue weighted by Gasteiger charge is -2.19. The highest BCUT2D eigenvalue weighted by atomic mass is 35.5. The van der Waals surface area contributed by atoms with Crippen molar-refractivity contribution in [1.82, 2.24) is 9.97 Å². The summed E-state index contributed by atoms with van der Waals surface area (Å²) in [6, 6.07) is 14.9. The first kappa shape index (κ1) is 53.2. The van der Waals surface area contributed by atoms with Gasteiger partial charge in [-0.05, 0) is 61.4 Å². The fourth-order valence-electron chi connectivity index (χ4n) is 7.31. The van der Waals surface area contributed by atoms with Crippen LogP contribution < -0.4 is 20.1 Å². The van der Waals surface area contributed by atoms with E-state index in [1.165, 1.54) is 48.5 Å². The Kier molecular flexibility index (Phi) is 16.5. The molecule has 8 rings (SSSR count). The normalized spacial score (nSPS) is 16.6. The molecule has 2 aliphatic rings. The van der Waals surface area contributed by atoms with E-state index in [2.05, 4.69) is 20.6 Å². The van der Waals surface area contributed by atoms with Crippen molar-refractivity contribution in [3.63, 3.8) is 0 Å². The number of nitrogens with one attached hydrogen (secondary N) is 2. The summed E-state index contributed by atoms with van der Waals surface area (Å²) < 4.78 is 136. The number of benzene rings is 4. The van der Waals surface area contributed by atoms with Crippen molar-refractivity contribution in [3.8, 4) is 11.5 Å². The number of thiazole rings is 2. The maximum absolute atomic E-state index is 14.7. The van der Waals surface area contributed by atoms with E-state index < -0.39 is 114 Å². The third-order valence-electron chi connectivity index (χ3n) is 11.0. The van der Waals surface area contributed by atoms with Crippen molar-refractivity contribution in [2.24, 2.45) is 0 Å². The monoisotopic (exact) mass is 1130 g/mol. The third kappa shape index (κ3) is 12.7. The van der Waals surface area contributed by atoms with Gasteiger partial charge >= 0.3 is 11.9 Å². The largest absolute Gasteiger partial charge is 0.473 e. The highest BCUT2D eigenvalue weighted by molar-refractivity contribution is 7.92. The number of aromatic nitrogens is 2. The molecule has 0 saturated carbocycles. The van der Waals surface area contributed by atoms with Crippen LogP contribution in [0.3, 0.4) is 0 Å². The maximum Gasteiger partial charge on any atom is 0.319 e. The number of carbonyl (C=O) groups excluding carboxylic acids is 4. The van der Waals surface area contributed by atoms with E-state index in [-0.39, 0.29) is 77.7 Å². The van der Waals surface area contributed by atoms with Gasteiger partial charge in [0.05, 0.1) is 57.7 Å². The SMILES string of the molecule is O=C(Cc1nc(NC(=O)C(Oc2ccc(F)cc2F)c2ccc(S(=O)(=O)C3CCOC3)cc2)sc1Cl)OC(=O)Cc1nc(NC(=O)C(Oc2ccc(F)cc2F)c2ccc(S(=O)(=O)C3CCOC3)cc2)sc1Cl. The Morgan fingerprint density at radius 2 is 1.00 bits per heavy atom. The second kappa shape index (κ2) is 22.6. The van der Waals surface area contributed by atoms with Crippen molar-refractivity contribution in [1.29, 1.82) is 0 Å². The molecular formula is C46H36Cl2F4N4O13S4. The van der Waals surface area contributed by atoms with Crippen molar-refractivity contribution >= 4 is 99.6 Å². The Morgan fingerprint density at radius 1 is 0.616 bits per heavy atom. The molecule has 0 bridgehead atoms. The van der Waals surface area contributed by atoms with Crippen molar-refractivity contribution in [2.45, 2.75) is 58.2 Å². The molecule has 2 N–H and O–H groups in total. The predicted octanol–water partition coefficient (Wildman–Crippen LogP) is 7.96. The number of halogens is 6. The number of anilines is 2. The Balaban J connectivity index is 0.907. The predicted molar refractivity (Wildman–Crippen MR) is 255 cm³/mol. The molecule has 2 fully saturated rings. The van der Waals surface area contributed by atoms with Gasteiger partial charge in [-0.1, -0.05) is 70.1 Å². The van der Waals surface area contributed by atoms with Crippen LogP contribution in [-0.4, -0.2) is 87.5 Å². The second-order valence-electron chi connectivity index (χ2n) is 16.0. The summed E-state index contributed by atoms with van der Waals surface area (Å²) in [5, 5.41) is 3.00. The summed E-state index contributed by atoms with van der Waals surface area (Å²) in [6.45, 7) is 0.592. The molecule has 0 aliphatic carbocycles. The highest BCUT2D eigenvalue weighted by Gasteiger charge is 2.34. The summed E-state index contributed by atoms with van der Waals surface area (Å²) in [4.78, 5) is 61.6. The van der Waals surface area contributed by atoms with Gasteiger partial charge in [0.15, 0.2) is 53.1 Å². The molecule has 2 aromatic heterocycles. The fraction of sp³-hybridized carbons (Fsp3) is 0.261. The number of hydrogen-bond acceptors (Lipinski definition) is 17. The van der Waals surface area contributed by atoms with Crippen LogP contribution in [0, 0.1) is 23.3 Å². The van der Waals surface area contributed by atoms with Gasteiger partial charge in [-0.15, -0.1) is 0 Å². The molecule has 0 radical (unpaired) electrons. The van der Waals surface area contributed by atoms with Gasteiger partial charge in [0, 0.05) is 36.5 Å². The molecule has 17 nitrogen and oxygen atoms in total. The lowest BCUT2D eigenvalue weighted by Crippen LogP contribution is -2.26. The van der Waals surface area contributed by atoms with Crippen LogP contribution in [0.15, 0.2) is 94.7 Å². The van der Waals surface area contributed by atoms with Crippen LogP contribution in [0.4, 0.5) is 27.8 Å². The summed E-state index contributed by atoms with van der Waals surface area (Å²) in [6.07, 6.45) is -4.14. The molecule has 27 heteroatoms. The van der Waals surface area contributed by atoms with E-state index in [1.54, 1.807) is 0 Å². The zero-order valence-electron chi connectivity index (χ0n) is 37.2. The molecule has 384 valence electrons. The molecule has 2 aliphatic heterocycles. The maximum atomic E-state index is 14.7. The Bertz CT molecular complexity index is 3080. The van der Waals surface area contributed by atoms with Crippen LogP contribution in [0.1, 0.15) is 47.6 Å². The first-order valence-electron chi connectivity index (χ1n) is 21.5. The van der Waals surface area contributed by atoms with Crippen molar-refractivity contribution in [2.75, 3.05) is 37.1 Å². The van der Waals surface area contributed by atoms with Gasteiger partial charge in [-0.2, -0.15) is 0 Å². The Morgan fingerprint density at radius 3 is 1.34 bits per heavy atom. The standard InChI is InChI=1S/C46H36Cl2F4N4O13S4/c47-41-33(53-45(70-41)55-43(59)39(67-35-11-5-25(49)17-31(35)51)23-1-7-27(8-2-23)72(61,62)29-13-15-65-21-29)19-37(57)69-38(58)20-34-42(48)71-46(54-34)56-44(60)40(68-36-12-6-26(50)18-32(36)52)24-3-9-28(10-4-24)73(63,64)30-14-16-66-22-30/h1-12,17-18,29-30,39-40H,13-16,19-22H2,(H,53,55,59)(H,54,56,60). The first-order chi connectivity index (χ1) is 34.7. The van der Waals surface area contributed by atoms with Crippen LogP contribution in [-0.2, 0) is 65.9 Å². The van der Waals surface area contributed by atoms with Crippen LogP contribution in [0.25, 0.3) is 0 Å². The van der Waals surface area contributed by atoms with E-state index in [0.717, 1.165) is 24.3 Å². The number of rotatable bonds is 18. The third-order valence-corrected chi connectivity index (χ3v) is 17.9. The van der Waals surface area contributed by atoms with Gasteiger partial charge in [0.25, 0.3) is 11.8 Å². The number of nitrogens with zero attached hydrogens (tertiary/aromatic N) is 2. The number of hydrogen-bond donors (Lipinski definition) is 2. The van der Waals surface area contributed by atoms with Crippen LogP contribution in [0.5, 0.6) is 11.5 Å². The average Bonchev–Trinajstić information content (AvgIpc) is 4.19. The zero-order chi connectivity index (χ0) is 52.2. The fourth-order valence-corrected chi connectivity index (χ4v) is 12.6. The molecule has 0 spiro atoms. The highest BCUT2D eigenvalue weighted by Crippen LogP contribution is 2.35. The lowest BCUT2D eigenvalue weighted by atomic mass is 10.1. The molecule has 4 atom stereocenters. The van der Waals surface area contributed by atoms with Gasteiger partial charge < -0.3 is 23.7 Å². The van der Waals surface area contributed by atoms with Gasteiger partial charge in [-0.25, -0.2) is 44.4 Å². The minimum Gasteiger partial charge on any atom is -0.473 e. The van der Waals surface area contributed by atoms with Gasteiger partial charge in [0.2, 0.25) is 12.2 Å². The number of sulfone groups is 2. The van der Waals surface area contributed by atoms with Gasteiger partial charge in [0.1, 0.15) is 20.3 Å². The number of carbonyl (C=O) groups is 4. The second-order valence-corrected chi connectivity index (χ2v) is 23.7. The summed E-state index contributed by atoms with van der Waals surface area (Å²) in [5.41, 5.74) is -0.151. The summed E-state index contributed by atoms with van der Waals surface area (Å²) in [5.74, 6) is -9.37. The Hall–Kier alpha value is -6.06. The molecule has 73 heavy (non-hydrogen) atoms. The van der Waals surface area contributed by atoms with E-state index in [1.807, 2.05) is 0 Å². The average molecular weight is 1130 g/mol. The van der Waals surface area contributed by atoms with Crippen LogP contribution >= 0.6 is 45.9 Å². The zero-order valence-corrected chi connectivity index (χ0v) is 41.9. The summed E-state index contributed by atoms with van der Waals surface area (Å²) in [7, 11) is -7.59. The van der Waals surface area contributed by atoms with Gasteiger partial charge in [-0.3, -0.25) is 29.8 Å². The van der Waals surface area contributed by atoms with E-state index in [4.69, 9.17) is 46.9 Å². The summed E-state index contributed by atoms with van der Waals surface area (Å²) >= 11 is 14.1. The van der Waals surface area contributed by atoms with E-state index in [0.29, 0.717) is 47.6 Å². The molecule has 4 aromatic carbocycles. The minimum absolute atomic E-state index is 0.0165. The lowest BCUT2D eigenvalue weighted by molar-refractivity contribution is -0.158. The molecule has 6 aromatic rings. The van der Waals surface area contributed by atoms with E-state index in [9.17, 15) is 53.6 Å². The molecular weight excluding hydrogens is 1090 g/mol. The quantitative estimate of drug-likeness (QED) is 0.0472. The molecule has 4 heterocycles. The minimum atomic E-state index is -3.80.